The van der Waals surface area contributed by atoms with Gasteiger partial charge in [0, 0.05) is 23.8 Å². The minimum Gasteiger partial charge on any atom is -0.329 e. The molecule has 0 saturated carbocycles. The molecule has 0 spiro atoms. The van der Waals surface area contributed by atoms with Crippen LogP contribution in [0.25, 0.3) is 0 Å². The molecule has 1 saturated heterocycles. The van der Waals surface area contributed by atoms with Crippen LogP contribution in [-0.4, -0.2) is 32.1 Å². The van der Waals surface area contributed by atoms with Gasteiger partial charge in [-0.15, -0.1) is 11.3 Å². The summed E-state index contributed by atoms with van der Waals surface area (Å²) in [5.41, 5.74) is 1.58. The number of hydrogen-bond donors (Lipinski definition) is 0. The number of amides is 1. The first-order valence-electron chi connectivity index (χ1n) is 8.14. The van der Waals surface area contributed by atoms with Crippen LogP contribution >= 0.6 is 11.3 Å². The lowest BCUT2D eigenvalue weighted by molar-refractivity contribution is 0.0611. The Bertz CT molecular complexity index is 698. The lowest BCUT2D eigenvalue weighted by Gasteiger charge is -2.34. The number of likely N-dealkylation sites (tertiary alicyclic amines) is 1. The molecule has 1 amide bonds. The van der Waals surface area contributed by atoms with E-state index in [0.29, 0.717) is 5.56 Å². The van der Waals surface area contributed by atoms with E-state index in [2.05, 4.69) is 36.2 Å². The van der Waals surface area contributed by atoms with Crippen LogP contribution in [0.1, 0.15) is 67.1 Å². The van der Waals surface area contributed by atoms with E-state index in [-0.39, 0.29) is 17.5 Å². The van der Waals surface area contributed by atoms with Crippen LogP contribution in [0.15, 0.2) is 17.8 Å². The zero-order valence-corrected chi connectivity index (χ0v) is 15.1. The Morgan fingerprint density at radius 3 is 2.74 bits per heavy atom. The number of thiazole rings is 1. The van der Waals surface area contributed by atoms with E-state index < -0.39 is 0 Å². The largest absolute Gasteiger partial charge is 0.329 e. The highest BCUT2D eigenvalue weighted by Crippen LogP contribution is 2.33. The van der Waals surface area contributed by atoms with Gasteiger partial charge in [-0.25, -0.2) is 4.98 Å². The van der Waals surface area contributed by atoms with Gasteiger partial charge in [-0.2, -0.15) is 5.10 Å². The Kier molecular flexibility index (Phi) is 4.27. The van der Waals surface area contributed by atoms with E-state index in [0.717, 1.165) is 36.5 Å². The number of aromatic nitrogens is 3. The third-order valence-electron chi connectivity index (χ3n) is 4.20. The number of hydrogen-bond acceptors (Lipinski definition) is 4. The van der Waals surface area contributed by atoms with Gasteiger partial charge in [0.2, 0.25) is 0 Å². The summed E-state index contributed by atoms with van der Waals surface area (Å²) < 4.78 is 1.85. The van der Waals surface area contributed by atoms with Crippen molar-refractivity contribution in [3.63, 3.8) is 0 Å². The van der Waals surface area contributed by atoms with E-state index in [9.17, 15) is 4.79 Å². The molecular weight excluding hydrogens is 308 g/mol. The fourth-order valence-electron chi connectivity index (χ4n) is 2.92. The zero-order valence-electron chi connectivity index (χ0n) is 14.2. The molecule has 23 heavy (non-hydrogen) atoms. The first kappa shape index (κ1) is 16.2. The predicted octanol–water partition coefficient (Wildman–Crippen LogP) is 3.77. The third kappa shape index (κ3) is 3.32. The fraction of sp³-hybridized carbons (Fsp3) is 0.588. The number of nitrogens with zero attached hydrogens (tertiary/aromatic N) is 4. The van der Waals surface area contributed by atoms with Gasteiger partial charge in [-0.05, 0) is 47.0 Å². The van der Waals surface area contributed by atoms with Crippen molar-refractivity contribution >= 4 is 17.2 Å². The second-order valence-electron chi connectivity index (χ2n) is 7.18. The van der Waals surface area contributed by atoms with Gasteiger partial charge >= 0.3 is 0 Å². The van der Waals surface area contributed by atoms with Crippen LogP contribution < -0.4 is 0 Å². The summed E-state index contributed by atoms with van der Waals surface area (Å²) in [5.74, 6) is 0.0676. The lowest BCUT2D eigenvalue weighted by Crippen LogP contribution is -2.38. The van der Waals surface area contributed by atoms with Crippen LogP contribution in [-0.2, 0) is 5.54 Å². The summed E-state index contributed by atoms with van der Waals surface area (Å²) in [6, 6.07) is 0.105. The highest BCUT2D eigenvalue weighted by molar-refractivity contribution is 7.09. The molecule has 0 bridgehead atoms. The van der Waals surface area contributed by atoms with Gasteiger partial charge in [0.05, 0.1) is 23.3 Å². The predicted molar refractivity (Wildman–Crippen MR) is 91.7 cm³/mol. The second-order valence-corrected chi connectivity index (χ2v) is 8.07. The normalized spacial score (nSPS) is 19.1. The minimum absolute atomic E-state index is 0.0676. The zero-order chi connectivity index (χ0) is 16.6. The average molecular weight is 332 g/mol. The SMILES string of the molecule is Cc1csc([C@H]2CCCCN2C(=O)c2cnn(C(C)(C)C)c2)n1. The standard InChI is InChI=1S/C17H24N4OS/c1-12-11-23-15(19-12)14-7-5-6-8-20(14)16(22)13-9-18-21(10-13)17(2,3)4/h9-11,14H,5-8H2,1-4H3/t14-/m1/s1. The second kappa shape index (κ2) is 6.07. The summed E-state index contributed by atoms with van der Waals surface area (Å²) in [4.78, 5) is 19.6. The Morgan fingerprint density at radius 2 is 2.13 bits per heavy atom. The van der Waals surface area contributed by atoms with Crippen LogP contribution in [0.3, 0.4) is 0 Å². The Morgan fingerprint density at radius 1 is 1.35 bits per heavy atom. The summed E-state index contributed by atoms with van der Waals surface area (Å²) in [6.07, 6.45) is 6.74. The number of carbonyl (C=O) groups is 1. The van der Waals surface area contributed by atoms with Crippen molar-refractivity contribution in [3.05, 3.63) is 34.0 Å². The van der Waals surface area contributed by atoms with Crippen molar-refractivity contribution in [2.24, 2.45) is 0 Å². The van der Waals surface area contributed by atoms with Crippen molar-refractivity contribution < 1.29 is 4.79 Å². The lowest BCUT2D eigenvalue weighted by atomic mass is 10.0. The van der Waals surface area contributed by atoms with E-state index in [1.54, 1.807) is 17.5 Å². The Balaban J connectivity index is 1.85. The van der Waals surface area contributed by atoms with Crippen LogP contribution in [0.2, 0.25) is 0 Å². The van der Waals surface area contributed by atoms with E-state index in [4.69, 9.17) is 0 Å². The van der Waals surface area contributed by atoms with Crippen LogP contribution in [0.4, 0.5) is 0 Å². The van der Waals surface area contributed by atoms with Crippen molar-refractivity contribution in [1.29, 1.82) is 0 Å². The first-order valence-corrected chi connectivity index (χ1v) is 9.02. The van der Waals surface area contributed by atoms with E-state index >= 15 is 0 Å². The first-order chi connectivity index (χ1) is 10.9. The van der Waals surface area contributed by atoms with Crippen LogP contribution in [0, 0.1) is 6.92 Å². The maximum Gasteiger partial charge on any atom is 0.257 e. The van der Waals surface area contributed by atoms with Crippen molar-refractivity contribution in [2.45, 2.75) is 58.5 Å². The molecule has 0 unspecified atom stereocenters. The molecule has 124 valence electrons. The summed E-state index contributed by atoms with van der Waals surface area (Å²) in [5, 5.41) is 7.48. The smallest absolute Gasteiger partial charge is 0.257 e. The molecule has 3 rings (SSSR count). The van der Waals surface area contributed by atoms with E-state index in [1.165, 1.54) is 0 Å². The average Bonchev–Trinajstić information content (AvgIpc) is 3.15. The van der Waals surface area contributed by atoms with Gasteiger partial charge in [-0.1, -0.05) is 0 Å². The maximum atomic E-state index is 13.0. The van der Waals surface area contributed by atoms with Gasteiger partial charge in [0.25, 0.3) is 5.91 Å². The molecular formula is C17H24N4OS. The van der Waals surface area contributed by atoms with Crippen LogP contribution in [0.5, 0.6) is 0 Å². The van der Waals surface area contributed by atoms with Gasteiger partial charge in [0.1, 0.15) is 5.01 Å². The molecule has 1 fully saturated rings. The minimum atomic E-state index is -0.119. The maximum absolute atomic E-state index is 13.0. The highest BCUT2D eigenvalue weighted by atomic mass is 32.1. The summed E-state index contributed by atoms with van der Waals surface area (Å²) in [7, 11) is 0. The Labute approximate surface area is 141 Å². The van der Waals surface area contributed by atoms with E-state index in [1.807, 2.05) is 22.7 Å². The Hall–Kier alpha value is -1.69. The summed E-state index contributed by atoms with van der Waals surface area (Å²) in [6.45, 7) is 9.04. The highest BCUT2D eigenvalue weighted by Gasteiger charge is 2.31. The van der Waals surface area contributed by atoms with Crippen molar-refractivity contribution in [1.82, 2.24) is 19.7 Å². The van der Waals surface area contributed by atoms with Crippen molar-refractivity contribution in [3.8, 4) is 0 Å². The molecule has 1 atom stereocenters. The van der Waals surface area contributed by atoms with Gasteiger partial charge < -0.3 is 4.90 Å². The topological polar surface area (TPSA) is 51.0 Å². The molecule has 5 nitrogen and oxygen atoms in total. The number of aryl methyl sites for hydroxylation is 1. The number of rotatable bonds is 2. The molecule has 1 aliphatic heterocycles. The monoisotopic (exact) mass is 332 g/mol. The summed E-state index contributed by atoms with van der Waals surface area (Å²) >= 11 is 1.66. The molecule has 0 aromatic carbocycles. The molecule has 1 aliphatic rings. The molecule has 3 heterocycles. The third-order valence-corrected chi connectivity index (χ3v) is 5.27. The molecule has 2 aromatic rings. The molecule has 0 radical (unpaired) electrons. The molecule has 0 aliphatic carbocycles. The quantitative estimate of drug-likeness (QED) is 0.841. The fourth-order valence-corrected chi connectivity index (χ4v) is 3.87. The molecule has 0 N–H and O–H groups in total. The van der Waals surface area contributed by atoms with Crippen molar-refractivity contribution in [2.75, 3.05) is 6.54 Å². The van der Waals surface area contributed by atoms with Gasteiger partial charge in [-0.3, -0.25) is 9.48 Å². The molecule has 6 heteroatoms. The number of piperidine rings is 1. The van der Waals surface area contributed by atoms with Gasteiger partial charge in [0.15, 0.2) is 0 Å². The molecule has 2 aromatic heterocycles. The number of carbonyl (C=O) groups excluding carboxylic acids is 1.